The number of anilines is 1. The van der Waals surface area contributed by atoms with Gasteiger partial charge in [0.05, 0.1) is 6.54 Å². The van der Waals surface area contributed by atoms with E-state index in [-0.39, 0.29) is 0 Å². The first-order valence-electron chi connectivity index (χ1n) is 6.64. The van der Waals surface area contributed by atoms with Crippen molar-refractivity contribution < 1.29 is 0 Å². The molecule has 0 aliphatic carbocycles. The lowest BCUT2D eigenvalue weighted by atomic mass is 10.1. The van der Waals surface area contributed by atoms with Crippen LogP contribution in [0.2, 0.25) is 0 Å². The minimum atomic E-state index is 0.462. The molecule has 1 aromatic carbocycles. The second-order valence-corrected chi connectivity index (χ2v) is 5.17. The van der Waals surface area contributed by atoms with Crippen LogP contribution in [-0.2, 0) is 20.1 Å². The zero-order chi connectivity index (χ0) is 13.2. The van der Waals surface area contributed by atoms with E-state index in [9.17, 15) is 0 Å². The van der Waals surface area contributed by atoms with E-state index in [0.717, 1.165) is 25.3 Å². The van der Waals surface area contributed by atoms with Crippen molar-refractivity contribution in [2.75, 3.05) is 11.4 Å². The topological polar surface area (TPSA) is 46.0 Å². The molecule has 3 rings (SSSR count). The van der Waals surface area contributed by atoms with Crippen LogP contribution >= 0.6 is 0 Å². The Bertz CT molecular complexity index is 562. The smallest absolute Gasteiger partial charge is 0.102 e. The molecule has 0 saturated heterocycles. The molecular formula is C14H19N5. The second-order valence-electron chi connectivity index (χ2n) is 5.17. The number of benzene rings is 1. The molecule has 1 aliphatic heterocycles. The number of aromatic nitrogens is 3. The summed E-state index contributed by atoms with van der Waals surface area (Å²) in [6.07, 6.45) is 1.98. The number of para-hydroxylation sites is 1. The lowest BCUT2D eigenvalue weighted by molar-refractivity contribution is 0.551. The highest BCUT2D eigenvalue weighted by Gasteiger charge is 2.19. The fraction of sp³-hybridized carbons (Fsp3) is 0.429. The van der Waals surface area contributed by atoms with Crippen LogP contribution in [-0.4, -0.2) is 27.6 Å². The van der Waals surface area contributed by atoms with Crippen LogP contribution in [0.15, 0.2) is 30.5 Å². The molecule has 1 aliphatic rings. The maximum Gasteiger partial charge on any atom is 0.102 e. The summed E-state index contributed by atoms with van der Waals surface area (Å²) in [5.41, 5.74) is 3.65. The summed E-state index contributed by atoms with van der Waals surface area (Å²) in [5.74, 6) is 0. The van der Waals surface area contributed by atoms with Gasteiger partial charge in [0.15, 0.2) is 0 Å². The third-order valence-electron chi connectivity index (χ3n) is 3.47. The monoisotopic (exact) mass is 257 g/mol. The number of nitrogens with zero attached hydrogens (tertiary/aromatic N) is 4. The summed E-state index contributed by atoms with van der Waals surface area (Å²) in [7, 11) is 1.90. The fourth-order valence-corrected chi connectivity index (χ4v) is 2.56. The molecule has 0 spiro atoms. The zero-order valence-corrected chi connectivity index (χ0v) is 11.4. The van der Waals surface area contributed by atoms with E-state index in [1.165, 1.54) is 11.3 Å². The van der Waals surface area contributed by atoms with Crippen LogP contribution in [0.4, 0.5) is 5.69 Å². The SMILES string of the molecule is CC1CN(Cc2cn(C)nn2)c2ccccc2CN1. The molecule has 0 saturated carbocycles. The standard InChI is InChI=1S/C14H19N5/c1-11-8-19(10-13-9-18(2)17-16-13)14-6-4-3-5-12(14)7-15-11/h3-6,9,11,15H,7-8,10H2,1-2H3. The van der Waals surface area contributed by atoms with E-state index < -0.39 is 0 Å². The van der Waals surface area contributed by atoms with Gasteiger partial charge in [0.1, 0.15) is 5.69 Å². The van der Waals surface area contributed by atoms with Crippen molar-refractivity contribution in [1.29, 1.82) is 0 Å². The van der Waals surface area contributed by atoms with Crippen LogP contribution in [0.3, 0.4) is 0 Å². The first kappa shape index (κ1) is 12.2. The Morgan fingerprint density at radius 1 is 1.37 bits per heavy atom. The summed E-state index contributed by atoms with van der Waals surface area (Å²) in [5, 5.41) is 11.7. The minimum Gasteiger partial charge on any atom is -0.364 e. The van der Waals surface area contributed by atoms with Crippen molar-refractivity contribution in [2.45, 2.75) is 26.1 Å². The number of hydrogen-bond donors (Lipinski definition) is 1. The Labute approximate surface area is 113 Å². The van der Waals surface area contributed by atoms with Gasteiger partial charge in [-0.3, -0.25) is 4.68 Å². The van der Waals surface area contributed by atoms with Crippen LogP contribution < -0.4 is 10.2 Å². The number of hydrogen-bond acceptors (Lipinski definition) is 4. The van der Waals surface area contributed by atoms with Crippen molar-refractivity contribution in [2.24, 2.45) is 7.05 Å². The molecule has 0 radical (unpaired) electrons. The van der Waals surface area contributed by atoms with Gasteiger partial charge in [-0.15, -0.1) is 5.10 Å². The highest BCUT2D eigenvalue weighted by Crippen LogP contribution is 2.24. The van der Waals surface area contributed by atoms with Crippen LogP contribution in [0.1, 0.15) is 18.2 Å². The Hall–Kier alpha value is -1.88. The Morgan fingerprint density at radius 2 is 2.21 bits per heavy atom. The normalized spacial score (nSPS) is 19.1. The Morgan fingerprint density at radius 3 is 3.00 bits per heavy atom. The van der Waals surface area contributed by atoms with Gasteiger partial charge in [0.25, 0.3) is 0 Å². The van der Waals surface area contributed by atoms with Crippen molar-refractivity contribution in [3.63, 3.8) is 0 Å². The van der Waals surface area contributed by atoms with E-state index in [4.69, 9.17) is 0 Å². The predicted octanol–water partition coefficient (Wildman–Crippen LogP) is 1.31. The third-order valence-corrected chi connectivity index (χ3v) is 3.47. The molecule has 0 fully saturated rings. The highest BCUT2D eigenvalue weighted by atomic mass is 15.4. The molecular weight excluding hydrogens is 238 g/mol. The molecule has 1 unspecified atom stereocenters. The Kier molecular flexibility index (Phi) is 3.21. The molecule has 1 atom stereocenters. The highest BCUT2D eigenvalue weighted by molar-refractivity contribution is 5.54. The van der Waals surface area contributed by atoms with E-state index in [1.807, 2.05) is 13.2 Å². The largest absolute Gasteiger partial charge is 0.364 e. The van der Waals surface area contributed by atoms with E-state index in [1.54, 1.807) is 4.68 Å². The minimum absolute atomic E-state index is 0.462. The molecule has 100 valence electrons. The third kappa shape index (κ3) is 2.61. The van der Waals surface area contributed by atoms with Gasteiger partial charge in [-0.1, -0.05) is 23.4 Å². The Balaban J connectivity index is 1.89. The second kappa shape index (κ2) is 5.01. The molecule has 5 nitrogen and oxygen atoms in total. The van der Waals surface area contributed by atoms with Crippen LogP contribution in [0.5, 0.6) is 0 Å². The molecule has 19 heavy (non-hydrogen) atoms. The van der Waals surface area contributed by atoms with Crippen LogP contribution in [0, 0.1) is 0 Å². The first-order chi connectivity index (χ1) is 9.22. The molecule has 2 heterocycles. The van der Waals surface area contributed by atoms with Gasteiger partial charge < -0.3 is 10.2 Å². The number of fused-ring (bicyclic) bond motifs is 1. The summed E-state index contributed by atoms with van der Waals surface area (Å²) in [6, 6.07) is 9.02. The molecule has 0 bridgehead atoms. The fourth-order valence-electron chi connectivity index (χ4n) is 2.56. The van der Waals surface area contributed by atoms with Gasteiger partial charge in [-0.2, -0.15) is 0 Å². The summed E-state index contributed by atoms with van der Waals surface area (Å²) < 4.78 is 1.75. The number of nitrogens with one attached hydrogen (secondary N) is 1. The average Bonchev–Trinajstić information content (AvgIpc) is 2.74. The van der Waals surface area contributed by atoms with E-state index in [0.29, 0.717) is 6.04 Å². The molecule has 1 N–H and O–H groups in total. The zero-order valence-electron chi connectivity index (χ0n) is 11.4. The number of rotatable bonds is 2. The molecule has 2 aromatic rings. The van der Waals surface area contributed by atoms with Crippen molar-refractivity contribution >= 4 is 5.69 Å². The summed E-state index contributed by atoms with van der Waals surface area (Å²) in [6.45, 7) is 4.92. The van der Waals surface area contributed by atoms with Gasteiger partial charge in [0.2, 0.25) is 0 Å². The predicted molar refractivity (Wildman–Crippen MR) is 74.8 cm³/mol. The molecule has 1 aromatic heterocycles. The maximum absolute atomic E-state index is 4.19. The summed E-state index contributed by atoms with van der Waals surface area (Å²) in [4.78, 5) is 2.38. The van der Waals surface area contributed by atoms with Crippen molar-refractivity contribution in [3.8, 4) is 0 Å². The van der Waals surface area contributed by atoms with Crippen molar-refractivity contribution in [3.05, 3.63) is 41.7 Å². The number of aryl methyl sites for hydroxylation is 1. The van der Waals surface area contributed by atoms with Crippen LogP contribution in [0.25, 0.3) is 0 Å². The van der Waals surface area contributed by atoms with Gasteiger partial charge in [-0.25, -0.2) is 0 Å². The van der Waals surface area contributed by atoms with Gasteiger partial charge >= 0.3 is 0 Å². The average molecular weight is 257 g/mol. The van der Waals surface area contributed by atoms with E-state index >= 15 is 0 Å². The van der Waals surface area contributed by atoms with Gasteiger partial charge in [-0.05, 0) is 18.6 Å². The van der Waals surface area contributed by atoms with E-state index in [2.05, 4.69) is 51.7 Å². The quantitative estimate of drug-likeness (QED) is 0.881. The molecule has 5 heteroatoms. The molecule has 0 amide bonds. The van der Waals surface area contributed by atoms with Gasteiger partial charge in [0, 0.05) is 38.1 Å². The summed E-state index contributed by atoms with van der Waals surface area (Å²) >= 11 is 0. The first-order valence-corrected chi connectivity index (χ1v) is 6.64. The van der Waals surface area contributed by atoms with Crippen molar-refractivity contribution in [1.82, 2.24) is 20.3 Å². The lowest BCUT2D eigenvalue weighted by Gasteiger charge is -2.25. The maximum atomic E-state index is 4.19. The lowest BCUT2D eigenvalue weighted by Crippen LogP contribution is -2.35.